The van der Waals surface area contributed by atoms with Gasteiger partial charge < -0.3 is 174 Å². The van der Waals surface area contributed by atoms with Crippen LogP contribution in [0.4, 0.5) is 0 Å². The molecule has 0 spiro atoms. The number of aliphatic hydroxyl groups excluding tert-OH is 22. The quantitative estimate of drug-likeness (QED) is 0.0571. The van der Waals surface area contributed by atoms with Gasteiger partial charge in [-0.2, -0.15) is 0 Å². The summed E-state index contributed by atoms with van der Waals surface area (Å²) in [5.74, 6) is 0. The summed E-state index contributed by atoms with van der Waals surface area (Å²) in [5, 5.41) is 236. The molecule has 456 valence electrons. The zero-order valence-electron chi connectivity index (χ0n) is 41.3. The van der Waals surface area contributed by atoms with E-state index in [1.165, 1.54) is 6.92 Å². The van der Waals surface area contributed by atoms with Crippen molar-refractivity contribution in [3.8, 4) is 0 Å². The number of hydrogen-bond donors (Lipinski definition) is 22. The van der Waals surface area contributed by atoms with Crippen molar-refractivity contribution in [3.63, 3.8) is 0 Å². The molecule has 35 heteroatoms. The molecule has 7 aliphatic heterocycles. The van der Waals surface area contributed by atoms with E-state index in [9.17, 15) is 112 Å². The predicted molar refractivity (Wildman–Crippen MR) is 235 cm³/mol. The van der Waals surface area contributed by atoms with Crippen LogP contribution in [0, 0.1) is 0 Å². The zero-order valence-corrected chi connectivity index (χ0v) is 41.3. The smallest absolute Gasteiger partial charge is 0.187 e. The van der Waals surface area contributed by atoms with E-state index in [0.717, 1.165) is 0 Å². The molecule has 78 heavy (non-hydrogen) atoms. The zero-order chi connectivity index (χ0) is 57.3. The Kier molecular flexibility index (Phi) is 22.7. The van der Waals surface area contributed by atoms with Gasteiger partial charge in [0.15, 0.2) is 37.7 Å². The van der Waals surface area contributed by atoms with Crippen LogP contribution in [-0.2, 0) is 61.6 Å². The second-order valence-electron chi connectivity index (χ2n) is 20.0. The maximum Gasteiger partial charge on any atom is 0.187 e. The molecule has 0 radical (unpaired) electrons. The van der Waals surface area contributed by atoms with Gasteiger partial charge in [0, 0.05) is 0 Å². The highest BCUT2D eigenvalue weighted by Crippen LogP contribution is 2.37. The third kappa shape index (κ3) is 13.3. The Morgan fingerprint density at radius 1 is 0.244 bits per heavy atom. The maximum absolute atomic E-state index is 11.9. The molecule has 35 nitrogen and oxygen atoms in total. The largest absolute Gasteiger partial charge is 0.394 e. The fourth-order valence-corrected chi connectivity index (χ4v) is 9.97. The van der Waals surface area contributed by atoms with E-state index < -0.39 is 261 Å². The van der Waals surface area contributed by atoms with E-state index >= 15 is 0 Å². The van der Waals surface area contributed by atoms with Crippen molar-refractivity contribution in [3.05, 3.63) is 0 Å². The van der Waals surface area contributed by atoms with E-state index in [1.54, 1.807) is 0 Å². The molecule has 22 N–H and O–H groups in total. The Morgan fingerprint density at radius 3 is 0.795 bits per heavy atom. The average Bonchev–Trinajstić information content (AvgIpc) is 3.49. The second-order valence-corrected chi connectivity index (χ2v) is 20.0. The molecule has 0 amide bonds. The molecule has 0 aromatic heterocycles. The standard InChI is InChI=1S/C43H74O35/c1-9-17(49)34(21(53)13(5-47)68-9)75-42-33(65)37(24(56)16(73-42)8-67-39-29(61)26(58)19(51)11(3-45)70-39)78-41-31(63)35(22(54)14(6-48)72-41)77-43-32(64)36(76-40-30(62)27(59)20(52)12(4-46)71-40)23(55)15(74-43)7-66-38-28(60)25(57)18(50)10(2-44)69-38/h9-65H,2-8H2,1H3/t9?,10?,11?,12?,13?,14?,15?,16?,17?,18-,19-,20-,21-,22-,23-,24-,25-,26-,27-,28?,29?,30?,31?,32?,33?,34+,35-,36-,37-,38+,39+,40-,41-,42-,43-/m0/s1. The van der Waals surface area contributed by atoms with Crippen LogP contribution in [0.15, 0.2) is 0 Å². The molecule has 0 aromatic rings. The van der Waals surface area contributed by atoms with Crippen LogP contribution in [0.5, 0.6) is 0 Å². The van der Waals surface area contributed by atoms with Crippen molar-refractivity contribution < 1.29 is 174 Å². The minimum Gasteiger partial charge on any atom is -0.394 e. The van der Waals surface area contributed by atoms with E-state index in [2.05, 4.69) is 0 Å². The summed E-state index contributed by atoms with van der Waals surface area (Å²) in [6, 6.07) is 0. The van der Waals surface area contributed by atoms with Gasteiger partial charge in [-0.15, -0.1) is 0 Å². The van der Waals surface area contributed by atoms with E-state index in [1.807, 2.05) is 0 Å². The molecule has 7 saturated heterocycles. The first kappa shape index (κ1) is 64.2. The molecule has 7 heterocycles. The monoisotopic (exact) mass is 1150 g/mol. The predicted octanol–water partition coefficient (Wildman–Crippen LogP) is -15.2. The average molecular weight is 1150 g/mol. The van der Waals surface area contributed by atoms with Crippen LogP contribution >= 0.6 is 0 Å². The van der Waals surface area contributed by atoms with Crippen molar-refractivity contribution >= 4 is 0 Å². The SMILES string of the molecule is CC1OC(CO)[C@H](O)[C@H](O[C@@H]2OC(CO[C@@H]3OC(CO)[C@H](O)[C@H](O)C3O)[C@H](O)[C@H](O[C@@H]3OC(CO)[C@H](O)[C@H](O[C@@H]4OC(CO[C@@H]5OC(CO)[C@H](O)[C@H](O)C5O)[C@H](O)[C@H](O[C@@H]5OC(CO)[C@H](O)[C@H](O)C5O)C4O)C3O)C2O)C1O. The Bertz CT molecular complexity index is 1810. The summed E-state index contributed by atoms with van der Waals surface area (Å²) in [4.78, 5) is 0. The van der Waals surface area contributed by atoms with Gasteiger partial charge in [0.1, 0.15) is 171 Å². The Labute approximate surface area is 441 Å². The second kappa shape index (κ2) is 27.5. The summed E-state index contributed by atoms with van der Waals surface area (Å²) in [6.45, 7) is -5.04. The first-order valence-corrected chi connectivity index (χ1v) is 25.0. The first-order chi connectivity index (χ1) is 36.9. The van der Waals surface area contributed by atoms with Gasteiger partial charge in [0.25, 0.3) is 0 Å². The number of ether oxygens (including phenoxy) is 13. The summed E-state index contributed by atoms with van der Waals surface area (Å²) < 4.78 is 73.4. The molecular weight excluding hydrogens is 1080 g/mol. The van der Waals surface area contributed by atoms with Gasteiger partial charge in [-0.25, -0.2) is 0 Å². The Balaban J connectivity index is 1.15. The molecule has 7 fully saturated rings. The highest BCUT2D eigenvalue weighted by molar-refractivity contribution is 5.00. The third-order valence-corrected chi connectivity index (χ3v) is 14.8. The molecule has 0 aromatic carbocycles. The van der Waals surface area contributed by atoms with Crippen molar-refractivity contribution in [2.75, 3.05) is 46.2 Å². The van der Waals surface area contributed by atoms with Crippen molar-refractivity contribution in [2.24, 2.45) is 0 Å². The van der Waals surface area contributed by atoms with E-state index in [-0.39, 0.29) is 0 Å². The highest BCUT2D eigenvalue weighted by atomic mass is 16.8. The minimum atomic E-state index is -2.37. The minimum absolute atomic E-state index is 0.782. The fourth-order valence-electron chi connectivity index (χ4n) is 9.97. The van der Waals surface area contributed by atoms with Crippen molar-refractivity contribution in [2.45, 2.75) is 222 Å². The Hall–Kier alpha value is -1.40. The van der Waals surface area contributed by atoms with E-state index in [0.29, 0.717) is 0 Å². The molecule has 15 unspecified atom stereocenters. The lowest BCUT2D eigenvalue weighted by molar-refractivity contribution is -0.397. The van der Waals surface area contributed by atoms with Gasteiger partial charge in [-0.05, 0) is 6.92 Å². The van der Waals surface area contributed by atoms with Crippen molar-refractivity contribution in [1.82, 2.24) is 0 Å². The van der Waals surface area contributed by atoms with Gasteiger partial charge in [-0.3, -0.25) is 0 Å². The van der Waals surface area contributed by atoms with Crippen LogP contribution in [0.25, 0.3) is 0 Å². The summed E-state index contributed by atoms with van der Waals surface area (Å²) in [5.41, 5.74) is 0. The van der Waals surface area contributed by atoms with Crippen LogP contribution < -0.4 is 0 Å². The van der Waals surface area contributed by atoms with Gasteiger partial charge in [-0.1, -0.05) is 0 Å². The molecule has 35 atom stereocenters. The van der Waals surface area contributed by atoms with Crippen LogP contribution in [0.1, 0.15) is 6.92 Å². The highest BCUT2D eigenvalue weighted by Gasteiger charge is 2.58. The Morgan fingerprint density at radius 2 is 0.474 bits per heavy atom. The summed E-state index contributed by atoms with van der Waals surface area (Å²) in [7, 11) is 0. The molecule has 0 bridgehead atoms. The lowest BCUT2D eigenvalue weighted by Gasteiger charge is -2.50. The normalized spacial score (nSPS) is 53.5. The van der Waals surface area contributed by atoms with Crippen LogP contribution in [0.2, 0.25) is 0 Å². The van der Waals surface area contributed by atoms with Crippen LogP contribution in [0.3, 0.4) is 0 Å². The molecule has 0 aliphatic carbocycles. The maximum atomic E-state index is 11.9. The lowest BCUT2D eigenvalue weighted by Crippen LogP contribution is -2.68. The van der Waals surface area contributed by atoms with Gasteiger partial charge in [0.2, 0.25) is 0 Å². The topological polar surface area (TPSA) is 565 Å². The van der Waals surface area contributed by atoms with Crippen molar-refractivity contribution in [1.29, 1.82) is 0 Å². The molecule has 0 saturated carbocycles. The molecular formula is C43H74O35. The summed E-state index contributed by atoms with van der Waals surface area (Å²) in [6.07, 6.45) is -67.4. The van der Waals surface area contributed by atoms with Gasteiger partial charge >= 0.3 is 0 Å². The first-order valence-electron chi connectivity index (χ1n) is 25.0. The van der Waals surface area contributed by atoms with Gasteiger partial charge in [0.05, 0.1) is 52.4 Å². The fraction of sp³-hybridized carbons (Fsp3) is 1.00. The van der Waals surface area contributed by atoms with E-state index in [4.69, 9.17) is 61.6 Å². The third-order valence-electron chi connectivity index (χ3n) is 14.8. The summed E-state index contributed by atoms with van der Waals surface area (Å²) >= 11 is 0. The molecule has 7 rings (SSSR count). The number of aliphatic hydroxyl groups is 22. The lowest BCUT2D eigenvalue weighted by atomic mass is 9.94. The number of hydrogen-bond acceptors (Lipinski definition) is 35. The molecule has 7 aliphatic rings. The van der Waals surface area contributed by atoms with Crippen LogP contribution in [-0.4, -0.2) is 373 Å². The number of rotatable bonds is 19.